The van der Waals surface area contributed by atoms with E-state index >= 15 is 0 Å². The number of benzene rings is 1. The number of nitrogens with zero attached hydrogens (tertiary/aromatic N) is 3. The number of sulfonamides is 1. The highest BCUT2D eigenvalue weighted by Crippen LogP contribution is 2.37. The number of hydrogen-bond donors (Lipinski definition) is 3. The first-order valence-corrected chi connectivity index (χ1v) is 12.3. The molecule has 1 saturated heterocycles. The van der Waals surface area contributed by atoms with E-state index in [0.717, 1.165) is 42.5 Å². The summed E-state index contributed by atoms with van der Waals surface area (Å²) in [4.78, 5) is -0.116. The van der Waals surface area contributed by atoms with E-state index in [-0.39, 0.29) is 22.4 Å². The van der Waals surface area contributed by atoms with Gasteiger partial charge in [-0.3, -0.25) is 0 Å². The number of rotatable bonds is 8. The highest BCUT2D eigenvalue weighted by atomic mass is 32.2. The Bertz CT molecular complexity index is 1150. The van der Waals surface area contributed by atoms with E-state index in [1.807, 2.05) is 26.0 Å². The minimum absolute atomic E-state index is 0.103. The summed E-state index contributed by atoms with van der Waals surface area (Å²) in [7, 11) is -3.76. The number of aromatic nitrogens is 2. The zero-order valence-corrected chi connectivity index (χ0v) is 19.0. The molecular formula is C20H25N5O4S2. The van der Waals surface area contributed by atoms with Gasteiger partial charge in [0.25, 0.3) is 0 Å². The highest BCUT2D eigenvalue weighted by Gasteiger charge is 2.30. The zero-order valence-electron chi connectivity index (χ0n) is 17.3. The van der Waals surface area contributed by atoms with Crippen LogP contribution in [-0.4, -0.2) is 39.7 Å². The summed E-state index contributed by atoms with van der Waals surface area (Å²) < 4.78 is 41.5. The fraction of sp³-hybridized carbons (Fsp3) is 0.400. The normalized spacial score (nSPS) is 15.8. The molecule has 1 fully saturated rings. The summed E-state index contributed by atoms with van der Waals surface area (Å²) in [5, 5.41) is 17.1. The minimum Gasteiger partial charge on any atom is -0.504 e. The number of furan rings is 1. The molecule has 166 valence electrons. The Hall–Kier alpha value is -2.63. The van der Waals surface area contributed by atoms with Crippen molar-refractivity contribution in [3.63, 3.8) is 0 Å². The summed E-state index contributed by atoms with van der Waals surface area (Å²) in [5.74, 6) is 2.18. The average molecular weight is 464 g/mol. The van der Waals surface area contributed by atoms with E-state index in [9.17, 15) is 13.5 Å². The van der Waals surface area contributed by atoms with E-state index in [1.165, 1.54) is 10.4 Å². The van der Waals surface area contributed by atoms with Gasteiger partial charge in [0.2, 0.25) is 10.0 Å². The zero-order chi connectivity index (χ0) is 22.0. The molecule has 0 unspecified atom stereocenters. The van der Waals surface area contributed by atoms with Crippen molar-refractivity contribution in [1.82, 2.24) is 13.1 Å². The molecule has 0 radical (unpaired) electrons. The summed E-state index contributed by atoms with van der Waals surface area (Å²) in [6.45, 7) is 4.85. The quantitative estimate of drug-likeness (QED) is 0.424. The van der Waals surface area contributed by atoms with Gasteiger partial charge in [-0.2, -0.15) is 13.1 Å². The van der Waals surface area contributed by atoms with Crippen molar-refractivity contribution in [2.45, 2.75) is 44.0 Å². The fourth-order valence-corrected chi connectivity index (χ4v) is 5.67. The van der Waals surface area contributed by atoms with Crippen LogP contribution in [0.2, 0.25) is 0 Å². The van der Waals surface area contributed by atoms with Gasteiger partial charge in [-0.15, -0.1) is 0 Å². The Kier molecular flexibility index (Phi) is 6.17. The minimum atomic E-state index is -3.76. The molecule has 0 spiro atoms. The van der Waals surface area contributed by atoms with Crippen molar-refractivity contribution in [1.29, 1.82) is 0 Å². The molecule has 0 aliphatic carbocycles. The monoisotopic (exact) mass is 463 g/mol. The van der Waals surface area contributed by atoms with Crippen molar-refractivity contribution in [2.75, 3.05) is 23.7 Å². The van der Waals surface area contributed by atoms with Gasteiger partial charge in [0, 0.05) is 13.1 Å². The number of hydrogen-bond acceptors (Lipinski definition) is 9. The SMILES string of the molecule is CC[C@@H](Nc1nsnc1Nc1cccc(S(=O)(=O)N2CCCC2)c1O)c1ccc(C)o1. The number of nitrogens with one attached hydrogen (secondary N) is 2. The van der Waals surface area contributed by atoms with Crippen LogP contribution in [-0.2, 0) is 10.0 Å². The Labute approximate surface area is 185 Å². The van der Waals surface area contributed by atoms with Crippen LogP contribution >= 0.6 is 11.7 Å². The molecule has 4 rings (SSSR count). The summed E-state index contributed by atoms with van der Waals surface area (Å²) in [6, 6.07) is 8.34. The number of para-hydroxylation sites is 1. The standard InChI is InChI=1S/C20H25N5O4S2/c1-3-14(16-10-9-13(2)29-16)21-19-20(24-30-23-19)22-15-7-6-8-17(18(15)26)31(27,28)25-11-4-5-12-25/h6-10,14,26H,3-5,11-12H2,1-2H3,(H,21,23)(H,22,24)/t14-/m1/s1. The van der Waals surface area contributed by atoms with Crippen molar-refractivity contribution in [2.24, 2.45) is 0 Å². The Morgan fingerprint density at radius 2 is 1.94 bits per heavy atom. The van der Waals surface area contributed by atoms with Crippen molar-refractivity contribution in [3.05, 3.63) is 41.9 Å². The lowest BCUT2D eigenvalue weighted by Gasteiger charge is -2.18. The van der Waals surface area contributed by atoms with E-state index in [1.54, 1.807) is 12.1 Å². The van der Waals surface area contributed by atoms with E-state index < -0.39 is 10.0 Å². The molecule has 1 aliphatic heterocycles. The van der Waals surface area contributed by atoms with Crippen LogP contribution in [0.1, 0.15) is 43.7 Å². The van der Waals surface area contributed by atoms with Crippen LogP contribution in [0.25, 0.3) is 0 Å². The number of aryl methyl sites for hydroxylation is 1. The number of phenols is 1. The molecule has 0 bridgehead atoms. The molecule has 3 N–H and O–H groups in total. The molecule has 3 heterocycles. The van der Waals surface area contributed by atoms with Gasteiger partial charge in [-0.25, -0.2) is 8.42 Å². The van der Waals surface area contributed by atoms with Crippen LogP contribution in [0.3, 0.4) is 0 Å². The highest BCUT2D eigenvalue weighted by molar-refractivity contribution is 7.89. The summed E-state index contributed by atoms with van der Waals surface area (Å²) in [6.07, 6.45) is 2.41. The maximum Gasteiger partial charge on any atom is 0.246 e. The van der Waals surface area contributed by atoms with E-state index in [2.05, 4.69) is 19.4 Å². The van der Waals surface area contributed by atoms with Gasteiger partial charge in [0.15, 0.2) is 17.4 Å². The lowest BCUT2D eigenvalue weighted by atomic mass is 10.2. The molecule has 3 aromatic rings. The van der Waals surface area contributed by atoms with Gasteiger partial charge in [0.05, 0.1) is 23.5 Å². The smallest absolute Gasteiger partial charge is 0.246 e. The molecule has 2 aromatic heterocycles. The molecule has 0 saturated carbocycles. The molecule has 0 amide bonds. The first kappa shape index (κ1) is 21.6. The third kappa shape index (κ3) is 4.39. The topological polar surface area (TPSA) is 121 Å². The lowest BCUT2D eigenvalue weighted by Crippen LogP contribution is -2.28. The van der Waals surface area contributed by atoms with Crippen LogP contribution < -0.4 is 10.6 Å². The number of anilines is 3. The number of phenolic OH excluding ortho intramolecular Hbond substituents is 1. The molecule has 1 atom stereocenters. The first-order chi connectivity index (χ1) is 14.9. The van der Waals surface area contributed by atoms with Gasteiger partial charge in [-0.05, 0) is 50.5 Å². The molecule has 1 aromatic carbocycles. The van der Waals surface area contributed by atoms with Crippen molar-refractivity contribution >= 4 is 39.1 Å². The largest absolute Gasteiger partial charge is 0.504 e. The second-order valence-corrected chi connectivity index (χ2v) is 9.84. The van der Waals surface area contributed by atoms with Gasteiger partial charge in [-0.1, -0.05) is 13.0 Å². The Morgan fingerprint density at radius 3 is 2.61 bits per heavy atom. The van der Waals surface area contributed by atoms with E-state index in [0.29, 0.717) is 24.7 Å². The van der Waals surface area contributed by atoms with Gasteiger partial charge >= 0.3 is 0 Å². The van der Waals surface area contributed by atoms with E-state index in [4.69, 9.17) is 4.42 Å². The second kappa shape index (κ2) is 8.85. The summed E-state index contributed by atoms with van der Waals surface area (Å²) >= 11 is 1.01. The fourth-order valence-electron chi connectivity index (χ4n) is 3.57. The molecule has 11 heteroatoms. The van der Waals surface area contributed by atoms with Gasteiger partial charge < -0.3 is 20.2 Å². The maximum atomic E-state index is 12.9. The first-order valence-electron chi connectivity index (χ1n) is 10.1. The third-order valence-corrected chi connectivity index (χ3v) is 7.71. The van der Waals surface area contributed by atoms with Crippen LogP contribution in [0.5, 0.6) is 5.75 Å². The lowest BCUT2D eigenvalue weighted by molar-refractivity contribution is 0.445. The summed E-state index contributed by atoms with van der Waals surface area (Å²) in [5.41, 5.74) is 0.248. The molecule has 1 aliphatic rings. The molecular weight excluding hydrogens is 438 g/mol. The number of aromatic hydroxyl groups is 1. The molecule has 9 nitrogen and oxygen atoms in total. The van der Waals surface area contributed by atoms with Crippen molar-refractivity contribution < 1.29 is 17.9 Å². The Balaban J connectivity index is 1.58. The second-order valence-electron chi connectivity index (χ2n) is 7.40. The van der Waals surface area contributed by atoms with Gasteiger partial charge in [0.1, 0.15) is 16.4 Å². The predicted octanol–water partition coefficient (Wildman–Crippen LogP) is 4.24. The predicted molar refractivity (Wildman–Crippen MR) is 119 cm³/mol. The molecule has 31 heavy (non-hydrogen) atoms. The third-order valence-electron chi connectivity index (χ3n) is 5.25. The average Bonchev–Trinajstić information content (AvgIpc) is 3.50. The van der Waals surface area contributed by atoms with Crippen LogP contribution in [0, 0.1) is 6.92 Å². The van der Waals surface area contributed by atoms with Crippen LogP contribution in [0.4, 0.5) is 17.3 Å². The van der Waals surface area contributed by atoms with Crippen molar-refractivity contribution in [3.8, 4) is 5.75 Å². The maximum absolute atomic E-state index is 12.9. The van der Waals surface area contributed by atoms with Crippen LogP contribution in [0.15, 0.2) is 39.6 Å². The Morgan fingerprint density at radius 1 is 1.19 bits per heavy atom.